The highest BCUT2D eigenvalue weighted by atomic mass is 79.9. The molecule has 0 spiro atoms. The van der Waals surface area contributed by atoms with Crippen LogP contribution < -0.4 is 4.74 Å². The Bertz CT molecular complexity index is 570. The maximum Gasteiger partial charge on any atom is 0.160 e. The largest absolute Gasteiger partial charge is 0.504 e. The Morgan fingerprint density at radius 3 is 2.67 bits per heavy atom. The summed E-state index contributed by atoms with van der Waals surface area (Å²) in [5, 5.41) is 9.49. The lowest BCUT2D eigenvalue weighted by Gasteiger charge is -2.07. The molecule has 2 nitrogen and oxygen atoms in total. The number of rotatable bonds is 3. The summed E-state index contributed by atoms with van der Waals surface area (Å²) in [7, 11) is 1.49. The minimum Gasteiger partial charge on any atom is -0.504 e. The molecule has 0 aliphatic heterocycles. The average molecular weight is 311 g/mol. The van der Waals surface area contributed by atoms with E-state index in [-0.39, 0.29) is 11.6 Å². The zero-order valence-corrected chi connectivity index (χ0v) is 11.4. The van der Waals surface area contributed by atoms with Gasteiger partial charge < -0.3 is 9.84 Å². The average Bonchev–Trinajstić information content (AvgIpc) is 2.35. The van der Waals surface area contributed by atoms with E-state index < -0.39 is 0 Å². The molecule has 1 N–H and O–H groups in total. The number of hydrogen-bond donors (Lipinski definition) is 1. The Morgan fingerprint density at radius 1 is 1.22 bits per heavy atom. The molecule has 2 rings (SSSR count). The van der Waals surface area contributed by atoms with E-state index in [0.717, 1.165) is 5.56 Å². The number of ether oxygens (including phenoxy) is 1. The van der Waals surface area contributed by atoms with Crippen molar-refractivity contribution in [3.63, 3.8) is 0 Å². The molecule has 2 aromatic rings. The number of phenolic OH excluding ortho intramolecular Hbond substituents is 1. The van der Waals surface area contributed by atoms with Crippen molar-refractivity contribution in [2.24, 2.45) is 0 Å². The Labute approximate surface area is 113 Å². The summed E-state index contributed by atoms with van der Waals surface area (Å²) in [6, 6.07) is 9.98. The van der Waals surface area contributed by atoms with E-state index in [1.54, 1.807) is 30.3 Å². The molecule has 18 heavy (non-hydrogen) atoms. The number of halogens is 2. The number of aromatic hydroxyl groups is 1. The van der Waals surface area contributed by atoms with Crippen LogP contribution in [0.1, 0.15) is 11.1 Å². The van der Waals surface area contributed by atoms with Crippen LogP contribution in [0.5, 0.6) is 11.5 Å². The summed E-state index contributed by atoms with van der Waals surface area (Å²) in [5.74, 6) is 0.221. The minimum absolute atomic E-state index is 0.0810. The van der Waals surface area contributed by atoms with E-state index in [1.165, 1.54) is 13.2 Å². The molecule has 0 fully saturated rings. The van der Waals surface area contributed by atoms with Gasteiger partial charge in [0.15, 0.2) is 11.5 Å². The van der Waals surface area contributed by atoms with Crippen molar-refractivity contribution in [1.29, 1.82) is 0 Å². The van der Waals surface area contributed by atoms with Crippen LogP contribution in [-0.4, -0.2) is 12.2 Å². The topological polar surface area (TPSA) is 29.5 Å². The number of phenols is 1. The molecule has 0 heterocycles. The SMILES string of the molecule is COc1cc(Cc2ccc(Br)cc2F)ccc1O. The smallest absolute Gasteiger partial charge is 0.160 e. The fourth-order valence-corrected chi connectivity index (χ4v) is 2.05. The zero-order valence-electron chi connectivity index (χ0n) is 9.78. The van der Waals surface area contributed by atoms with Gasteiger partial charge in [-0.15, -0.1) is 0 Å². The lowest BCUT2D eigenvalue weighted by Crippen LogP contribution is -1.94. The first kappa shape index (κ1) is 12.9. The fourth-order valence-electron chi connectivity index (χ4n) is 1.72. The van der Waals surface area contributed by atoms with Crippen LogP contribution in [0.4, 0.5) is 4.39 Å². The Kier molecular flexibility index (Phi) is 3.87. The summed E-state index contributed by atoms with van der Waals surface area (Å²) in [6.07, 6.45) is 0.454. The van der Waals surface area contributed by atoms with Crippen molar-refractivity contribution in [2.45, 2.75) is 6.42 Å². The van der Waals surface area contributed by atoms with Crippen LogP contribution in [-0.2, 0) is 6.42 Å². The second-order valence-electron chi connectivity index (χ2n) is 3.92. The molecule has 0 aliphatic rings. The van der Waals surface area contributed by atoms with E-state index in [0.29, 0.717) is 22.2 Å². The first-order chi connectivity index (χ1) is 8.60. The maximum absolute atomic E-state index is 13.7. The van der Waals surface area contributed by atoms with Crippen LogP contribution in [0.3, 0.4) is 0 Å². The predicted molar refractivity (Wildman–Crippen MR) is 71.6 cm³/mol. The third-order valence-corrected chi connectivity index (χ3v) is 3.15. The van der Waals surface area contributed by atoms with Gasteiger partial charge in [0.1, 0.15) is 5.82 Å². The summed E-state index contributed by atoms with van der Waals surface area (Å²) >= 11 is 3.22. The number of benzene rings is 2. The van der Waals surface area contributed by atoms with Gasteiger partial charge in [0, 0.05) is 10.9 Å². The zero-order chi connectivity index (χ0) is 13.1. The molecule has 0 amide bonds. The van der Waals surface area contributed by atoms with Crippen LogP contribution in [0, 0.1) is 5.82 Å². The standard InChI is InChI=1S/C14H12BrFO2/c1-18-14-7-9(2-5-13(14)17)6-10-3-4-11(15)8-12(10)16/h2-5,7-8,17H,6H2,1H3. The van der Waals surface area contributed by atoms with Crippen molar-refractivity contribution in [3.05, 3.63) is 57.8 Å². The lowest BCUT2D eigenvalue weighted by atomic mass is 10.0. The van der Waals surface area contributed by atoms with Gasteiger partial charge in [-0.1, -0.05) is 28.1 Å². The summed E-state index contributed by atoms with van der Waals surface area (Å²) in [4.78, 5) is 0. The van der Waals surface area contributed by atoms with E-state index in [2.05, 4.69) is 15.9 Å². The summed E-state index contributed by atoms with van der Waals surface area (Å²) in [5.41, 5.74) is 1.48. The maximum atomic E-state index is 13.7. The molecule has 0 bridgehead atoms. The van der Waals surface area contributed by atoms with E-state index in [9.17, 15) is 9.50 Å². The van der Waals surface area contributed by atoms with Gasteiger partial charge in [0.2, 0.25) is 0 Å². The molecule has 0 atom stereocenters. The minimum atomic E-state index is -0.253. The Morgan fingerprint density at radius 2 is 2.00 bits per heavy atom. The van der Waals surface area contributed by atoms with Gasteiger partial charge in [0.25, 0.3) is 0 Å². The molecule has 4 heteroatoms. The molecule has 2 aromatic carbocycles. The summed E-state index contributed by atoms with van der Waals surface area (Å²) < 4.78 is 19.4. The predicted octanol–water partition coefficient (Wildman–Crippen LogP) is 3.89. The second kappa shape index (κ2) is 5.40. The number of hydrogen-bond acceptors (Lipinski definition) is 2. The highest BCUT2D eigenvalue weighted by Crippen LogP contribution is 2.28. The van der Waals surface area contributed by atoms with Gasteiger partial charge in [0.05, 0.1) is 7.11 Å². The third kappa shape index (κ3) is 2.82. The van der Waals surface area contributed by atoms with Crippen molar-refractivity contribution in [2.75, 3.05) is 7.11 Å². The van der Waals surface area contributed by atoms with Gasteiger partial charge in [-0.2, -0.15) is 0 Å². The Hall–Kier alpha value is -1.55. The molecule has 0 saturated heterocycles. The quantitative estimate of drug-likeness (QED) is 0.932. The van der Waals surface area contributed by atoms with Crippen molar-refractivity contribution < 1.29 is 14.2 Å². The van der Waals surface area contributed by atoms with E-state index in [4.69, 9.17) is 4.74 Å². The van der Waals surface area contributed by atoms with Crippen LogP contribution in [0.2, 0.25) is 0 Å². The van der Waals surface area contributed by atoms with Crippen molar-refractivity contribution in [3.8, 4) is 11.5 Å². The van der Waals surface area contributed by atoms with E-state index >= 15 is 0 Å². The van der Waals surface area contributed by atoms with Gasteiger partial charge in [-0.25, -0.2) is 4.39 Å². The molecule has 0 unspecified atom stereocenters. The van der Waals surface area contributed by atoms with Crippen molar-refractivity contribution >= 4 is 15.9 Å². The lowest BCUT2D eigenvalue weighted by molar-refractivity contribution is 0.373. The van der Waals surface area contributed by atoms with E-state index in [1.807, 2.05) is 0 Å². The fraction of sp³-hybridized carbons (Fsp3) is 0.143. The molecule has 0 radical (unpaired) electrons. The summed E-state index contributed by atoms with van der Waals surface area (Å²) in [6.45, 7) is 0. The number of methoxy groups -OCH3 is 1. The van der Waals surface area contributed by atoms with Crippen LogP contribution >= 0.6 is 15.9 Å². The molecule has 0 saturated carbocycles. The Balaban J connectivity index is 2.28. The van der Waals surface area contributed by atoms with Crippen LogP contribution in [0.15, 0.2) is 40.9 Å². The van der Waals surface area contributed by atoms with Crippen molar-refractivity contribution in [1.82, 2.24) is 0 Å². The molecular formula is C14H12BrFO2. The highest BCUT2D eigenvalue weighted by Gasteiger charge is 2.07. The molecule has 0 aliphatic carbocycles. The third-order valence-electron chi connectivity index (χ3n) is 2.65. The normalized spacial score (nSPS) is 10.4. The first-order valence-corrected chi connectivity index (χ1v) is 6.19. The second-order valence-corrected chi connectivity index (χ2v) is 4.83. The van der Waals surface area contributed by atoms with Gasteiger partial charge >= 0.3 is 0 Å². The van der Waals surface area contributed by atoms with Gasteiger partial charge in [-0.05, 0) is 35.4 Å². The molecular weight excluding hydrogens is 299 g/mol. The highest BCUT2D eigenvalue weighted by molar-refractivity contribution is 9.10. The van der Waals surface area contributed by atoms with Crippen LogP contribution in [0.25, 0.3) is 0 Å². The monoisotopic (exact) mass is 310 g/mol. The first-order valence-electron chi connectivity index (χ1n) is 5.40. The van der Waals surface area contributed by atoms with Gasteiger partial charge in [-0.3, -0.25) is 0 Å². The molecule has 0 aromatic heterocycles. The molecule has 94 valence electrons.